The van der Waals surface area contributed by atoms with E-state index >= 15 is 0 Å². The van der Waals surface area contributed by atoms with Crippen molar-refractivity contribution in [3.05, 3.63) is 59.7 Å². The number of methoxy groups -OCH3 is 1. The number of nitrogens with one attached hydrogen (secondary N) is 1. The highest BCUT2D eigenvalue weighted by molar-refractivity contribution is 7.92. The van der Waals surface area contributed by atoms with Crippen molar-refractivity contribution >= 4 is 27.5 Å². The van der Waals surface area contributed by atoms with Crippen molar-refractivity contribution < 1.29 is 22.7 Å². The molecule has 2 aromatic rings. The molecule has 1 unspecified atom stereocenters. The molecule has 0 radical (unpaired) electrons. The number of benzene rings is 2. The molecule has 0 spiro atoms. The van der Waals surface area contributed by atoms with Gasteiger partial charge in [0.15, 0.2) is 0 Å². The van der Waals surface area contributed by atoms with E-state index < -0.39 is 28.5 Å². The van der Waals surface area contributed by atoms with Gasteiger partial charge in [0.1, 0.15) is 18.3 Å². The summed E-state index contributed by atoms with van der Waals surface area (Å²) < 4.78 is 32.8. The number of hydrogen-bond acceptors (Lipinski definition) is 5. The molecule has 0 aromatic heterocycles. The largest absolute Gasteiger partial charge is 0.497 e. The second kappa shape index (κ2) is 12.9. The van der Waals surface area contributed by atoms with Gasteiger partial charge in [-0.3, -0.25) is 13.9 Å². The van der Waals surface area contributed by atoms with Crippen LogP contribution in [0, 0.1) is 17.8 Å². The van der Waals surface area contributed by atoms with Gasteiger partial charge in [-0.25, -0.2) is 8.42 Å². The lowest BCUT2D eigenvalue weighted by Gasteiger charge is -2.57. The van der Waals surface area contributed by atoms with E-state index in [-0.39, 0.29) is 17.9 Å². The Hall–Kier alpha value is -3.07. The number of hydrogen-bond donors (Lipinski definition) is 1. The molecule has 2 amide bonds. The molecule has 9 heteroatoms. The van der Waals surface area contributed by atoms with Gasteiger partial charge in [-0.2, -0.15) is 0 Å². The Morgan fingerprint density at radius 1 is 1.00 bits per heavy atom. The van der Waals surface area contributed by atoms with Crippen LogP contribution in [-0.4, -0.2) is 57.6 Å². The maximum Gasteiger partial charge on any atom is 0.244 e. The van der Waals surface area contributed by atoms with Gasteiger partial charge >= 0.3 is 0 Å². The number of sulfonamides is 1. The van der Waals surface area contributed by atoms with Crippen LogP contribution in [0.3, 0.4) is 0 Å². The van der Waals surface area contributed by atoms with Crippen molar-refractivity contribution in [3.63, 3.8) is 0 Å². The van der Waals surface area contributed by atoms with Crippen LogP contribution < -0.4 is 14.4 Å². The zero-order valence-electron chi connectivity index (χ0n) is 26.1. The summed E-state index contributed by atoms with van der Waals surface area (Å²) in [4.78, 5) is 28.7. The van der Waals surface area contributed by atoms with E-state index in [0.29, 0.717) is 24.4 Å². The second-order valence-electron chi connectivity index (χ2n) is 13.1. The van der Waals surface area contributed by atoms with Gasteiger partial charge in [-0.05, 0) is 110 Å². The molecule has 1 N–H and O–H groups in total. The second-order valence-corrected chi connectivity index (χ2v) is 15.0. The molecular formula is C34H47N3O5S. The van der Waals surface area contributed by atoms with E-state index in [9.17, 15) is 18.0 Å². The highest BCUT2D eigenvalue weighted by Gasteiger charge is 2.51. The van der Waals surface area contributed by atoms with Crippen LogP contribution >= 0.6 is 0 Å². The maximum absolute atomic E-state index is 14.0. The van der Waals surface area contributed by atoms with Gasteiger partial charge in [0.2, 0.25) is 21.8 Å². The zero-order chi connectivity index (χ0) is 30.8. The van der Waals surface area contributed by atoms with Crippen molar-refractivity contribution in [2.75, 3.05) is 30.8 Å². The van der Waals surface area contributed by atoms with Gasteiger partial charge < -0.3 is 15.0 Å². The van der Waals surface area contributed by atoms with Gasteiger partial charge in [-0.1, -0.05) is 38.1 Å². The smallest absolute Gasteiger partial charge is 0.244 e. The van der Waals surface area contributed by atoms with Crippen molar-refractivity contribution in [1.82, 2.24) is 10.2 Å². The van der Waals surface area contributed by atoms with Crippen LogP contribution in [0.2, 0.25) is 0 Å². The molecule has 1 atom stereocenters. The molecule has 4 saturated carbocycles. The normalized spacial score (nSPS) is 24.8. The number of amides is 2. The van der Waals surface area contributed by atoms with Crippen molar-refractivity contribution in [1.29, 1.82) is 0 Å². The van der Waals surface area contributed by atoms with Crippen LogP contribution in [0.25, 0.3) is 0 Å². The molecule has 234 valence electrons. The number of anilines is 1. The van der Waals surface area contributed by atoms with E-state index in [2.05, 4.69) is 17.4 Å². The lowest BCUT2D eigenvalue weighted by atomic mass is 9.48. The van der Waals surface area contributed by atoms with Crippen molar-refractivity contribution in [3.8, 4) is 5.75 Å². The SMILES string of the molecule is CCCNC(=O)C(CC)N(Cc1cccc(OC)c1)C(=O)CN(c1ccc(C23CC4CC(CC(C4)C2)C3)cc1)S(C)(=O)=O. The Labute approximate surface area is 257 Å². The predicted molar refractivity (Wildman–Crippen MR) is 169 cm³/mol. The zero-order valence-corrected chi connectivity index (χ0v) is 26.9. The first-order chi connectivity index (χ1) is 20.5. The molecule has 8 nitrogen and oxygen atoms in total. The monoisotopic (exact) mass is 609 g/mol. The summed E-state index contributed by atoms with van der Waals surface area (Å²) in [5, 5.41) is 2.91. The number of carbonyl (C=O) groups is 2. The maximum atomic E-state index is 14.0. The fourth-order valence-corrected chi connectivity index (χ4v) is 9.16. The molecule has 43 heavy (non-hydrogen) atoms. The lowest BCUT2D eigenvalue weighted by Crippen LogP contribution is -2.52. The first kappa shape index (κ1) is 31.4. The fraction of sp³-hybridized carbons (Fsp3) is 0.588. The molecule has 4 aliphatic rings. The molecular weight excluding hydrogens is 562 g/mol. The van der Waals surface area contributed by atoms with Crippen molar-refractivity contribution in [2.45, 2.75) is 83.2 Å². The van der Waals surface area contributed by atoms with Crippen LogP contribution in [0.15, 0.2) is 48.5 Å². The highest BCUT2D eigenvalue weighted by Crippen LogP contribution is 2.60. The molecule has 4 bridgehead atoms. The topological polar surface area (TPSA) is 96.0 Å². The average molecular weight is 610 g/mol. The minimum Gasteiger partial charge on any atom is -0.497 e. The summed E-state index contributed by atoms with van der Waals surface area (Å²) in [5.41, 5.74) is 2.76. The summed E-state index contributed by atoms with van der Waals surface area (Å²) in [5.74, 6) is 2.40. The van der Waals surface area contributed by atoms with Gasteiger partial charge in [0.25, 0.3) is 0 Å². The Balaban J connectivity index is 1.40. The van der Waals surface area contributed by atoms with E-state index in [1.165, 1.54) is 53.3 Å². The van der Waals surface area contributed by atoms with Crippen LogP contribution in [-0.2, 0) is 31.6 Å². The first-order valence-electron chi connectivity index (χ1n) is 15.8. The third-order valence-corrected chi connectivity index (χ3v) is 11.0. The summed E-state index contributed by atoms with van der Waals surface area (Å²) in [7, 11) is -2.21. The Kier molecular flexibility index (Phi) is 9.40. The molecule has 0 saturated heterocycles. The minimum absolute atomic E-state index is 0.149. The number of rotatable bonds is 13. The predicted octanol–water partition coefficient (Wildman–Crippen LogP) is 5.26. The lowest BCUT2D eigenvalue weighted by molar-refractivity contribution is -0.140. The number of carbonyl (C=O) groups excluding carboxylic acids is 2. The first-order valence-corrected chi connectivity index (χ1v) is 17.7. The molecule has 4 aliphatic carbocycles. The average Bonchev–Trinajstić information content (AvgIpc) is 2.97. The Morgan fingerprint density at radius 2 is 1.63 bits per heavy atom. The molecule has 2 aromatic carbocycles. The highest BCUT2D eigenvalue weighted by atomic mass is 32.2. The van der Waals surface area contributed by atoms with Crippen LogP contribution in [0.1, 0.15) is 76.3 Å². The molecule has 0 heterocycles. The van der Waals surface area contributed by atoms with Crippen LogP contribution in [0.4, 0.5) is 5.69 Å². The third-order valence-electron chi connectivity index (χ3n) is 9.91. The van der Waals surface area contributed by atoms with Gasteiger partial charge in [0, 0.05) is 13.1 Å². The quantitative estimate of drug-likeness (QED) is 0.334. The van der Waals surface area contributed by atoms with Gasteiger partial charge in [0.05, 0.1) is 19.1 Å². The molecule has 6 rings (SSSR count). The fourth-order valence-electron chi connectivity index (χ4n) is 8.31. The Morgan fingerprint density at radius 3 is 2.16 bits per heavy atom. The van der Waals surface area contributed by atoms with E-state index in [1.54, 1.807) is 7.11 Å². The molecule has 0 aliphatic heterocycles. The standard InChI is InChI=1S/C34H47N3O5S/c1-5-14-35-33(39)31(6-2)36(22-24-8-7-9-30(18-24)42-3)32(38)23-37(43(4,40)41)29-12-10-28(11-13-29)34-19-25-15-26(20-34)17-27(16-25)21-34/h7-13,18,25-27,31H,5-6,14-17,19-23H2,1-4H3,(H,35,39). The minimum atomic E-state index is -3.79. The number of ether oxygens (including phenoxy) is 1. The van der Waals surface area contributed by atoms with E-state index in [0.717, 1.165) is 36.0 Å². The summed E-state index contributed by atoms with van der Waals surface area (Å²) in [6, 6.07) is 14.5. The number of nitrogens with zero attached hydrogens (tertiary/aromatic N) is 2. The summed E-state index contributed by atoms with van der Waals surface area (Å²) in [6.45, 7) is 4.09. The van der Waals surface area contributed by atoms with Crippen molar-refractivity contribution in [2.24, 2.45) is 17.8 Å². The summed E-state index contributed by atoms with van der Waals surface area (Å²) >= 11 is 0. The summed E-state index contributed by atoms with van der Waals surface area (Å²) in [6.07, 6.45) is 10.1. The van der Waals surface area contributed by atoms with E-state index in [4.69, 9.17) is 4.74 Å². The third kappa shape index (κ3) is 6.87. The molecule has 4 fully saturated rings. The van der Waals surface area contributed by atoms with E-state index in [1.807, 2.05) is 50.2 Å². The van der Waals surface area contributed by atoms with Crippen LogP contribution in [0.5, 0.6) is 5.75 Å². The van der Waals surface area contributed by atoms with Gasteiger partial charge in [-0.15, -0.1) is 0 Å². The Bertz CT molecular complexity index is 1370.